The Balaban J connectivity index is 1.50. The van der Waals surface area contributed by atoms with Crippen LogP contribution in [0.5, 0.6) is 0 Å². The van der Waals surface area contributed by atoms with Crippen molar-refractivity contribution >= 4 is 33.4 Å². The molecular formula is C21H20ClN3. The molecule has 1 aliphatic heterocycles. The number of fused-ring (bicyclic) bond motifs is 2. The third-order valence-corrected chi connectivity index (χ3v) is 5.76. The number of halogens is 1. The van der Waals surface area contributed by atoms with Crippen molar-refractivity contribution in [3.63, 3.8) is 0 Å². The summed E-state index contributed by atoms with van der Waals surface area (Å²) in [6, 6.07) is 15.3. The van der Waals surface area contributed by atoms with Gasteiger partial charge in [-0.05, 0) is 60.7 Å². The van der Waals surface area contributed by atoms with Crippen molar-refractivity contribution in [1.82, 2.24) is 15.3 Å². The Kier molecular flexibility index (Phi) is 3.58. The summed E-state index contributed by atoms with van der Waals surface area (Å²) in [5, 5.41) is 7.11. The van der Waals surface area contributed by atoms with Crippen LogP contribution in [0, 0.1) is 0 Å². The largest absolute Gasteiger partial charge is 0.361 e. The zero-order valence-corrected chi connectivity index (χ0v) is 14.6. The van der Waals surface area contributed by atoms with Crippen LogP contribution in [-0.2, 0) is 0 Å². The average Bonchev–Trinajstić information content (AvgIpc) is 3.27. The van der Waals surface area contributed by atoms with Crippen LogP contribution in [0.25, 0.3) is 21.8 Å². The number of hydrogen-bond donors (Lipinski definition) is 3. The Labute approximate surface area is 151 Å². The van der Waals surface area contributed by atoms with Crippen LogP contribution in [0.4, 0.5) is 0 Å². The van der Waals surface area contributed by atoms with E-state index in [1.807, 2.05) is 18.3 Å². The lowest BCUT2D eigenvalue weighted by Gasteiger charge is -2.31. The van der Waals surface area contributed by atoms with Crippen LogP contribution in [0.15, 0.2) is 54.9 Å². The van der Waals surface area contributed by atoms with E-state index in [9.17, 15) is 0 Å². The molecule has 1 saturated heterocycles. The van der Waals surface area contributed by atoms with Gasteiger partial charge in [0.2, 0.25) is 0 Å². The van der Waals surface area contributed by atoms with Crippen molar-refractivity contribution in [2.75, 3.05) is 6.54 Å². The molecule has 3 N–H and O–H groups in total. The van der Waals surface area contributed by atoms with E-state index >= 15 is 0 Å². The molecule has 25 heavy (non-hydrogen) atoms. The lowest BCUT2D eigenvalue weighted by molar-refractivity contribution is 0.372. The third kappa shape index (κ3) is 2.55. The van der Waals surface area contributed by atoms with Gasteiger partial charge >= 0.3 is 0 Å². The van der Waals surface area contributed by atoms with Crippen molar-refractivity contribution in [2.45, 2.75) is 24.8 Å². The molecule has 0 saturated carbocycles. The molecule has 3 heterocycles. The Hall–Kier alpha value is -2.23. The number of rotatable bonds is 2. The van der Waals surface area contributed by atoms with E-state index in [2.05, 4.69) is 51.8 Å². The van der Waals surface area contributed by atoms with E-state index in [1.165, 1.54) is 33.8 Å². The second kappa shape index (κ2) is 5.94. The van der Waals surface area contributed by atoms with Crippen LogP contribution in [0.3, 0.4) is 0 Å². The van der Waals surface area contributed by atoms with Crippen LogP contribution >= 0.6 is 11.6 Å². The first kappa shape index (κ1) is 15.1. The van der Waals surface area contributed by atoms with Gasteiger partial charge in [0.1, 0.15) is 0 Å². The summed E-state index contributed by atoms with van der Waals surface area (Å²) in [6.07, 6.45) is 6.46. The smallest absolute Gasteiger partial charge is 0.0472 e. The van der Waals surface area contributed by atoms with Gasteiger partial charge in [-0.2, -0.15) is 0 Å². The maximum atomic E-state index is 6.12. The minimum atomic E-state index is 0.364. The molecular weight excluding hydrogens is 330 g/mol. The molecule has 4 aromatic rings. The fourth-order valence-corrected chi connectivity index (χ4v) is 4.48. The van der Waals surface area contributed by atoms with Gasteiger partial charge in [0.25, 0.3) is 0 Å². The first-order chi connectivity index (χ1) is 12.3. The van der Waals surface area contributed by atoms with Gasteiger partial charge < -0.3 is 15.3 Å². The number of piperidine rings is 1. The topological polar surface area (TPSA) is 43.6 Å². The molecule has 5 rings (SSSR count). The molecule has 126 valence electrons. The van der Waals surface area contributed by atoms with Gasteiger partial charge in [-0.15, -0.1) is 0 Å². The molecule has 4 heteroatoms. The first-order valence-electron chi connectivity index (χ1n) is 8.85. The van der Waals surface area contributed by atoms with E-state index in [0.717, 1.165) is 23.5 Å². The second-order valence-corrected chi connectivity index (χ2v) is 7.38. The summed E-state index contributed by atoms with van der Waals surface area (Å²) in [6.45, 7) is 1.04. The van der Waals surface area contributed by atoms with Gasteiger partial charge in [0, 0.05) is 45.3 Å². The van der Waals surface area contributed by atoms with E-state index in [0.29, 0.717) is 12.0 Å². The number of aromatic amines is 2. The van der Waals surface area contributed by atoms with E-state index < -0.39 is 0 Å². The first-order valence-corrected chi connectivity index (χ1v) is 9.23. The summed E-state index contributed by atoms with van der Waals surface area (Å²) in [5.41, 5.74) is 5.15. The van der Waals surface area contributed by atoms with E-state index in [1.54, 1.807) is 0 Å². The van der Waals surface area contributed by atoms with Gasteiger partial charge in [-0.3, -0.25) is 0 Å². The van der Waals surface area contributed by atoms with Gasteiger partial charge in [0.05, 0.1) is 0 Å². The number of aromatic nitrogens is 2. The Morgan fingerprint density at radius 1 is 0.920 bits per heavy atom. The Morgan fingerprint density at radius 2 is 1.84 bits per heavy atom. The molecule has 2 aromatic carbocycles. The molecule has 3 nitrogen and oxygen atoms in total. The van der Waals surface area contributed by atoms with Crippen molar-refractivity contribution in [3.05, 3.63) is 71.0 Å². The molecule has 0 bridgehead atoms. The average molecular weight is 350 g/mol. The summed E-state index contributed by atoms with van der Waals surface area (Å²) >= 11 is 6.12. The maximum absolute atomic E-state index is 6.12. The van der Waals surface area contributed by atoms with Gasteiger partial charge in [0.15, 0.2) is 0 Å². The van der Waals surface area contributed by atoms with E-state index in [-0.39, 0.29) is 0 Å². The van der Waals surface area contributed by atoms with Gasteiger partial charge in [-0.1, -0.05) is 29.8 Å². The zero-order valence-electron chi connectivity index (χ0n) is 13.9. The highest BCUT2D eigenvalue weighted by molar-refractivity contribution is 6.31. The summed E-state index contributed by atoms with van der Waals surface area (Å²) in [5.74, 6) is 0.572. The predicted octanol–water partition coefficient (Wildman–Crippen LogP) is 5.51. The predicted molar refractivity (Wildman–Crippen MR) is 104 cm³/mol. The standard InChI is InChI=1S/C21H20ClN3/c22-14-4-5-16-18(12-25-21(16)11-14)20-10-13(6-8-24-20)15-2-1-3-19-17(15)7-9-23-19/h1-5,7,9,11-13,20,23-25H,6,8,10H2. The number of H-pyrrole nitrogens is 2. The highest BCUT2D eigenvalue weighted by atomic mass is 35.5. The Morgan fingerprint density at radius 3 is 2.80 bits per heavy atom. The highest BCUT2D eigenvalue weighted by Gasteiger charge is 2.26. The number of hydrogen-bond acceptors (Lipinski definition) is 1. The SMILES string of the molecule is Clc1ccc2c(C3CC(c4cccc5[nH]ccc45)CCN3)c[nH]c2c1. The monoisotopic (exact) mass is 349 g/mol. The van der Waals surface area contributed by atoms with Crippen molar-refractivity contribution in [3.8, 4) is 0 Å². The Bertz CT molecular complexity index is 1050. The fraction of sp³-hybridized carbons (Fsp3) is 0.238. The van der Waals surface area contributed by atoms with Crippen LogP contribution in [0.2, 0.25) is 5.02 Å². The quantitative estimate of drug-likeness (QED) is 0.439. The number of nitrogens with one attached hydrogen (secondary N) is 3. The number of benzene rings is 2. The minimum absolute atomic E-state index is 0.364. The van der Waals surface area contributed by atoms with Crippen molar-refractivity contribution < 1.29 is 0 Å². The lowest BCUT2D eigenvalue weighted by atomic mass is 9.83. The molecule has 1 aliphatic rings. The molecule has 2 unspecified atom stereocenters. The molecule has 0 amide bonds. The van der Waals surface area contributed by atoms with Gasteiger partial charge in [-0.25, -0.2) is 0 Å². The molecule has 2 atom stereocenters. The molecule has 0 radical (unpaired) electrons. The molecule has 1 fully saturated rings. The summed E-state index contributed by atoms with van der Waals surface area (Å²) < 4.78 is 0. The maximum Gasteiger partial charge on any atom is 0.0472 e. The minimum Gasteiger partial charge on any atom is -0.361 e. The zero-order chi connectivity index (χ0) is 16.8. The molecule has 0 aliphatic carbocycles. The van der Waals surface area contributed by atoms with Crippen molar-refractivity contribution in [2.24, 2.45) is 0 Å². The van der Waals surface area contributed by atoms with Crippen LogP contribution < -0.4 is 5.32 Å². The fourth-order valence-electron chi connectivity index (χ4n) is 4.31. The third-order valence-electron chi connectivity index (χ3n) is 5.52. The van der Waals surface area contributed by atoms with Crippen LogP contribution in [-0.4, -0.2) is 16.5 Å². The summed E-state index contributed by atoms with van der Waals surface area (Å²) in [4.78, 5) is 6.71. The highest BCUT2D eigenvalue weighted by Crippen LogP contribution is 2.39. The normalized spacial score (nSPS) is 21.2. The van der Waals surface area contributed by atoms with Crippen molar-refractivity contribution in [1.29, 1.82) is 0 Å². The molecule has 0 spiro atoms. The van der Waals surface area contributed by atoms with Crippen LogP contribution in [0.1, 0.15) is 35.9 Å². The lowest BCUT2D eigenvalue weighted by Crippen LogP contribution is -2.30. The second-order valence-electron chi connectivity index (χ2n) is 6.95. The summed E-state index contributed by atoms with van der Waals surface area (Å²) in [7, 11) is 0. The molecule has 2 aromatic heterocycles. The van der Waals surface area contributed by atoms with E-state index in [4.69, 9.17) is 11.6 Å².